The molecule has 0 amide bonds. The third-order valence-electron chi connectivity index (χ3n) is 2.26. The normalized spacial score (nSPS) is 27.9. The SMILES string of the molecule is BCCCN1CC[C@H]1C. The highest BCUT2D eigenvalue weighted by Crippen LogP contribution is 2.15. The molecule has 0 bridgehead atoms. The van der Waals surface area contributed by atoms with Crippen molar-refractivity contribution in [3.05, 3.63) is 0 Å². The molecule has 1 atom stereocenters. The van der Waals surface area contributed by atoms with Crippen LogP contribution in [0, 0.1) is 0 Å². The van der Waals surface area contributed by atoms with E-state index in [0.717, 1.165) is 6.04 Å². The first-order valence-electron chi connectivity index (χ1n) is 4.08. The van der Waals surface area contributed by atoms with Gasteiger partial charge in [-0.2, -0.15) is 0 Å². The van der Waals surface area contributed by atoms with Crippen LogP contribution in [0.15, 0.2) is 0 Å². The molecule has 0 aliphatic carbocycles. The average molecular weight is 125 g/mol. The van der Waals surface area contributed by atoms with E-state index in [1.54, 1.807) is 0 Å². The van der Waals surface area contributed by atoms with Gasteiger partial charge in [-0.1, -0.05) is 6.32 Å². The molecule has 1 aliphatic rings. The molecule has 0 saturated carbocycles. The summed E-state index contributed by atoms with van der Waals surface area (Å²) in [6.07, 6.45) is 4.14. The second-order valence-corrected chi connectivity index (χ2v) is 3.03. The summed E-state index contributed by atoms with van der Waals surface area (Å²) in [5, 5.41) is 0. The van der Waals surface area contributed by atoms with Gasteiger partial charge in [-0.05, 0) is 32.9 Å². The van der Waals surface area contributed by atoms with Crippen molar-refractivity contribution in [3.8, 4) is 0 Å². The van der Waals surface area contributed by atoms with Crippen molar-refractivity contribution >= 4 is 7.85 Å². The van der Waals surface area contributed by atoms with Crippen LogP contribution in [0.3, 0.4) is 0 Å². The molecule has 0 spiro atoms. The smallest absolute Gasteiger partial charge is 0.101 e. The lowest BCUT2D eigenvalue weighted by molar-refractivity contribution is 0.105. The molecule has 1 aliphatic heterocycles. The maximum Gasteiger partial charge on any atom is 0.101 e. The van der Waals surface area contributed by atoms with Crippen LogP contribution in [-0.2, 0) is 0 Å². The Labute approximate surface area is 58.8 Å². The summed E-state index contributed by atoms with van der Waals surface area (Å²) in [6.45, 7) is 5.00. The predicted molar refractivity (Wildman–Crippen MR) is 43.6 cm³/mol. The number of hydrogen-bond donors (Lipinski definition) is 0. The van der Waals surface area contributed by atoms with Gasteiger partial charge in [0, 0.05) is 6.04 Å². The highest BCUT2D eigenvalue weighted by atomic mass is 15.2. The van der Waals surface area contributed by atoms with Crippen molar-refractivity contribution in [3.63, 3.8) is 0 Å². The van der Waals surface area contributed by atoms with Gasteiger partial charge in [0.2, 0.25) is 0 Å². The standard InChI is InChI=1S/C7H16BN/c1-7-3-6-9(7)5-2-4-8/h7H,2-6,8H2,1H3/t7-/m1/s1. The minimum atomic E-state index is 0.886. The molecule has 2 heteroatoms. The van der Waals surface area contributed by atoms with E-state index in [9.17, 15) is 0 Å². The summed E-state index contributed by atoms with van der Waals surface area (Å²) >= 11 is 0. The molecule has 1 nitrogen and oxygen atoms in total. The summed E-state index contributed by atoms with van der Waals surface area (Å²) in [6, 6.07) is 0.886. The van der Waals surface area contributed by atoms with E-state index in [-0.39, 0.29) is 0 Å². The van der Waals surface area contributed by atoms with Gasteiger partial charge < -0.3 is 4.90 Å². The third kappa shape index (κ3) is 1.72. The number of nitrogens with zero attached hydrogens (tertiary/aromatic N) is 1. The fourth-order valence-electron chi connectivity index (χ4n) is 1.26. The van der Waals surface area contributed by atoms with Crippen molar-refractivity contribution in [2.45, 2.75) is 32.1 Å². The van der Waals surface area contributed by atoms with Crippen LogP contribution in [0.25, 0.3) is 0 Å². The van der Waals surface area contributed by atoms with E-state index >= 15 is 0 Å². The molecule has 0 aromatic rings. The monoisotopic (exact) mass is 125 g/mol. The Hall–Kier alpha value is 0.0249. The first kappa shape index (κ1) is 7.14. The van der Waals surface area contributed by atoms with E-state index in [4.69, 9.17) is 0 Å². The molecule has 0 radical (unpaired) electrons. The zero-order chi connectivity index (χ0) is 6.69. The first-order valence-corrected chi connectivity index (χ1v) is 4.08. The maximum absolute atomic E-state index is 2.56. The Balaban J connectivity index is 1.99. The summed E-state index contributed by atoms with van der Waals surface area (Å²) in [4.78, 5) is 2.56. The molecule has 0 aromatic heterocycles. The Morgan fingerprint density at radius 3 is 2.78 bits per heavy atom. The van der Waals surface area contributed by atoms with Gasteiger partial charge in [-0.25, -0.2) is 0 Å². The van der Waals surface area contributed by atoms with E-state index in [1.165, 1.54) is 32.3 Å². The number of rotatable bonds is 3. The average Bonchev–Trinajstić information content (AvgIpc) is 1.86. The molecule has 0 N–H and O–H groups in total. The highest BCUT2D eigenvalue weighted by Gasteiger charge is 2.21. The van der Waals surface area contributed by atoms with Crippen molar-refractivity contribution in [1.29, 1.82) is 0 Å². The minimum Gasteiger partial charge on any atom is -0.301 e. The third-order valence-corrected chi connectivity index (χ3v) is 2.26. The van der Waals surface area contributed by atoms with Crippen LogP contribution >= 0.6 is 0 Å². The van der Waals surface area contributed by atoms with Gasteiger partial charge in [-0.15, -0.1) is 0 Å². The first-order chi connectivity index (χ1) is 4.34. The molecule has 1 heterocycles. The lowest BCUT2D eigenvalue weighted by Gasteiger charge is -2.38. The summed E-state index contributed by atoms with van der Waals surface area (Å²) in [5.74, 6) is 0. The van der Waals surface area contributed by atoms with Crippen LogP contribution in [-0.4, -0.2) is 31.9 Å². The van der Waals surface area contributed by atoms with E-state index < -0.39 is 0 Å². The van der Waals surface area contributed by atoms with Crippen molar-refractivity contribution in [2.24, 2.45) is 0 Å². The van der Waals surface area contributed by atoms with Crippen LogP contribution in [0.4, 0.5) is 0 Å². The van der Waals surface area contributed by atoms with Crippen molar-refractivity contribution in [2.75, 3.05) is 13.1 Å². The highest BCUT2D eigenvalue weighted by molar-refractivity contribution is 6.08. The van der Waals surface area contributed by atoms with Crippen LogP contribution in [0.1, 0.15) is 19.8 Å². The van der Waals surface area contributed by atoms with Gasteiger partial charge in [0.15, 0.2) is 0 Å². The van der Waals surface area contributed by atoms with Crippen LogP contribution in [0.5, 0.6) is 0 Å². The molecule has 9 heavy (non-hydrogen) atoms. The Kier molecular flexibility index (Phi) is 2.58. The second-order valence-electron chi connectivity index (χ2n) is 3.03. The number of hydrogen-bond acceptors (Lipinski definition) is 1. The second kappa shape index (κ2) is 3.26. The lowest BCUT2D eigenvalue weighted by Crippen LogP contribution is -2.45. The molecule has 52 valence electrons. The topological polar surface area (TPSA) is 3.24 Å². The summed E-state index contributed by atoms with van der Waals surface area (Å²) < 4.78 is 0. The fourth-order valence-corrected chi connectivity index (χ4v) is 1.26. The Bertz CT molecular complexity index is 85.0. The molecule has 1 rings (SSSR count). The molecule has 0 aromatic carbocycles. The largest absolute Gasteiger partial charge is 0.301 e. The summed E-state index contributed by atoms with van der Waals surface area (Å²) in [7, 11) is 2.25. The van der Waals surface area contributed by atoms with Crippen molar-refractivity contribution in [1.82, 2.24) is 4.90 Å². The zero-order valence-corrected chi connectivity index (χ0v) is 6.56. The molecule has 0 unspecified atom stereocenters. The molecular weight excluding hydrogens is 109 g/mol. The van der Waals surface area contributed by atoms with Gasteiger partial charge >= 0.3 is 0 Å². The van der Waals surface area contributed by atoms with E-state index in [0.29, 0.717) is 0 Å². The van der Waals surface area contributed by atoms with Gasteiger partial charge in [0.25, 0.3) is 0 Å². The van der Waals surface area contributed by atoms with Crippen LogP contribution in [0.2, 0.25) is 6.32 Å². The van der Waals surface area contributed by atoms with Crippen LogP contribution < -0.4 is 0 Å². The van der Waals surface area contributed by atoms with Crippen molar-refractivity contribution < 1.29 is 0 Å². The Morgan fingerprint density at radius 2 is 2.44 bits per heavy atom. The molecule has 1 saturated heterocycles. The fraction of sp³-hybridized carbons (Fsp3) is 1.00. The lowest BCUT2D eigenvalue weighted by atomic mass is 9.99. The maximum atomic E-state index is 2.56. The molecule has 1 fully saturated rings. The quantitative estimate of drug-likeness (QED) is 0.497. The number of likely N-dealkylation sites (tertiary alicyclic amines) is 1. The Morgan fingerprint density at radius 1 is 1.67 bits per heavy atom. The van der Waals surface area contributed by atoms with E-state index in [2.05, 4.69) is 19.7 Å². The van der Waals surface area contributed by atoms with Gasteiger partial charge in [0.1, 0.15) is 7.85 Å². The zero-order valence-electron chi connectivity index (χ0n) is 6.56. The minimum absolute atomic E-state index is 0.886. The van der Waals surface area contributed by atoms with E-state index in [1.807, 2.05) is 0 Å². The van der Waals surface area contributed by atoms with Gasteiger partial charge in [0.05, 0.1) is 0 Å². The summed E-state index contributed by atoms with van der Waals surface area (Å²) in [5.41, 5.74) is 0. The molecular formula is C7H16BN. The van der Waals surface area contributed by atoms with Gasteiger partial charge in [-0.3, -0.25) is 0 Å². The predicted octanol–water partition coefficient (Wildman–Crippen LogP) is 0.522.